The molecule has 2 aromatic rings. The number of carbonyl (C=O) groups excluding carboxylic acids is 2. The van der Waals surface area contributed by atoms with E-state index in [9.17, 15) is 9.59 Å². The lowest BCUT2D eigenvalue weighted by molar-refractivity contribution is -0.117. The normalized spacial score (nSPS) is 14.1. The molecule has 0 bridgehead atoms. The highest BCUT2D eigenvalue weighted by Gasteiger charge is 2.24. The van der Waals surface area contributed by atoms with E-state index in [4.69, 9.17) is 16.3 Å². The van der Waals surface area contributed by atoms with Crippen LogP contribution in [0.15, 0.2) is 48.5 Å². The molecule has 5 nitrogen and oxygen atoms in total. The predicted octanol–water partition coefficient (Wildman–Crippen LogP) is 4.13. The van der Waals surface area contributed by atoms with Crippen molar-refractivity contribution in [1.29, 1.82) is 0 Å². The maximum absolute atomic E-state index is 12.1. The van der Waals surface area contributed by atoms with Gasteiger partial charge in [0.05, 0.1) is 12.8 Å². The Balaban J connectivity index is 1.71. The first kappa shape index (κ1) is 18.0. The maximum Gasteiger partial charge on any atom is 0.248 e. The van der Waals surface area contributed by atoms with Crippen molar-refractivity contribution in [3.63, 3.8) is 0 Å². The summed E-state index contributed by atoms with van der Waals surface area (Å²) in [5.41, 5.74) is 2.16. The van der Waals surface area contributed by atoms with Crippen molar-refractivity contribution >= 4 is 40.9 Å². The zero-order chi connectivity index (χ0) is 18.5. The van der Waals surface area contributed by atoms with Gasteiger partial charge in [-0.05, 0) is 42.3 Å². The Morgan fingerprint density at radius 2 is 2.12 bits per heavy atom. The van der Waals surface area contributed by atoms with Gasteiger partial charge < -0.3 is 15.0 Å². The van der Waals surface area contributed by atoms with Crippen molar-refractivity contribution in [2.45, 2.75) is 12.8 Å². The number of amides is 2. The number of ether oxygens (including phenoxy) is 1. The van der Waals surface area contributed by atoms with Gasteiger partial charge in [0.2, 0.25) is 11.8 Å². The largest absolute Gasteiger partial charge is 0.494 e. The molecule has 2 aromatic carbocycles. The Bertz CT molecular complexity index is 864. The summed E-state index contributed by atoms with van der Waals surface area (Å²) < 4.78 is 5.39. The number of rotatable bonds is 5. The summed E-state index contributed by atoms with van der Waals surface area (Å²) in [7, 11) is 1.55. The summed E-state index contributed by atoms with van der Waals surface area (Å²) in [6.07, 6.45) is 4.52. The van der Waals surface area contributed by atoms with Crippen LogP contribution in [0.25, 0.3) is 6.08 Å². The molecule has 1 heterocycles. The van der Waals surface area contributed by atoms with E-state index in [0.29, 0.717) is 29.4 Å². The Labute approximate surface area is 157 Å². The van der Waals surface area contributed by atoms with Crippen molar-refractivity contribution < 1.29 is 14.3 Å². The van der Waals surface area contributed by atoms with Crippen molar-refractivity contribution in [3.8, 4) is 5.75 Å². The summed E-state index contributed by atoms with van der Waals surface area (Å²) in [5, 5.41) is 3.40. The average molecular weight is 371 g/mol. The maximum atomic E-state index is 12.1. The van der Waals surface area contributed by atoms with Crippen molar-refractivity contribution in [2.75, 3.05) is 23.9 Å². The summed E-state index contributed by atoms with van der Waals surface area (Å²) in [6, 6.07) is 12.5. The minimum Gasteiger partial charge on any atom is -0.494 e. The van der Waals surface area contributed by atoms with E-state index in [1.165, 1.54) is 6.08 Å². The number of methoxy groups -OCH3 is 1. The first-order valence-corrected chi connectivity index (χ1v) is 8.67. The number of benzene rings is 2. The minimum atomic E-state index is -0.267. The third-order valence-corrected chi connectivity index (χ3v) is 4.32. The second-order valence-electron chi connectivity index (χ2n) is 5.91. The molecule has 3 rings (SSSR count). The third kappa shape index (κ3) is 4.24. The van der Waals surface area contributed by atoms with E-state index in [1.807, 2.05) is 12.1 Å². The zero-order valence-corrected chi connectivity index (χ0v) is 15.1. The molecule has 1 aliphatic rings. The monoisotopic (exact) mass is 370 g/mol. The highest BCUT2D eigenvalue weighted by molar-refractivity contribution is 6.30. The van der Waals surface area contributed by atoms with Crippen molar-refractivity contribution in [2.24, 2.45) is 0 Å². The number of carbonyl (C=O) groups is 2. The number of nitrogens with zero attached hydrogens (tertiary/aromatic N) is 1. The minimum absolute atomic E-state index is 0.0875. The van der Waals surface area contributed by atoms with Crippen molar-refractivity contribution in [3.05, 3.63) is 59.1 Å². The molecular weight excluding hydrogens is 352 g/mol. The van der Waals surface area contributed by atoms with Crippen LogP contribution >= 0.6 is 11.6 Å². The van der Waals surface area contributed by atoms with Gasteiger partial charge >= 0.3 is 0 Å². The van der Waals surface area contributed by atoms with Crippen LogP contribution < -0.4 is 15.0 Å². The SMILES string of the molecule is COc1cc(NC(=O)C=Cc2cccc(Cl)c2)ccc1N1CCCC1=O. The van der Waals surface area contributed by atoms with Crippen LogP contribution in [0.2, 0.25) is 5.02 Å². The fraction of sp³-hybridized carbons (Fsp3) is 0.200. The lowest BCUT2D eigenvalue weighted by atomic mass is 10.2. The second kappa shape index (κ2) is 8.06. The molecule has 6 heteroatoms. The topological polar surface area (TPSA) is 58.6 Å². The molecule has 0 aromatic heterocycles. The molecule has 0 radical (unpaired) electrons. The molecule has 0 saturated carbocycles. The van der Waals surface area contributed by atoms with Crippen LogP contribution in [0.1, 0.15) is 18.4 Å². The highest BCUT2D eigenvalue weighted by Crippen LogP contribution is 2.33. The van der Waals surface area contributed by atoms with Crippen LogP contribution in [-0.2, 0) is 9.59 Å². The van der Waals surface area contributed by atoms with Crippen LogP contribution in [0.3, 0.4) is 0 Å². The number of anilines is 2. The predicted molar refractivity (Wildman–Crippen MR) is 104 cm³/mol. The Morgan fingerprint density at radius 3 is 2.81 bits per heavy atom. The highest BCUT2D eigenvalue weighted by atomic mass is 35.5. The van der Waals surface area contributed by atoms with E-state index in [1.54, 1.807) is 48.4 Å². The first-order chi connectivity index (χ1) is 12.6. The van der Waals surface area contributed by atoms with Crippen LogP contribution in [0.5, 0.6) is 5.75 Å². The first-order valence-electron chi connectivity index (χ1n) is 8.30. The number of halogens is 1. The summed E-state index contributed by atoms with van der Waals surface area (Å²) in [6.45, 7) is 0.684. The molecule has 0 spiro atoms. The molecule has 0 aliphatic carbocycles. The summed E-state index contributed by atoms with van der Waals surface area (Å²) >= 11 is 5.93. The molecule has 0 atom stereocenters. The molecule has 1 aliphatic heterocycles. The molecule has 134 valence electrons. The van der Waals surface area contributed by atoms with E-state index >= 15 is 0 Å². The Kier molecular flexibility index (Phi) is 5.58. The number of hydrogen-bond acceptors (Lipinski definition) is 3. The summed E-state index contributed by atoms with van der Waals surface area (Å²) in [4.78, 5) is 25.8. The van der Waals surface area contributed by atoms with Gasteiger partial charge in [0, 0.05) is 35.8 Å². The number of hydrogen-bond donors (Lipinski definition) is 1. The van der Waals surface area contributed by atoms with Gasteiger partial charge in [-0.25, -0.2) is 0 Å². The van der Waals surface area contributed by atoms with Gasteiger partial charge in [-0.1, -0.05) is 23.7 Å². The second-order valence-corrected chi connectivity index (χ2v) is 6.35. The molecule has 26 heavy (non-hydrogen) atoms. The molecule has 1 N–H and O–H groups in total. The Hall–Kier alpha value is -2.79. The summed E-state index contributed by atoms with van der Waals surface area (Å²) in [5.74, 6) is 0.374. The van der Waals surface area contributed by atoms with Crippen LogP contribution in [-0.4, -0.2) is 25.5 Å². The van der Waals surface area contributed by atoms with Crippen LogP contribution in [0, 0.1) is 0 Å². The van der Waals surface area contributed by atoms with E-state index in [2.05, 4.69) is 5.32 Å². The molecular formula is C20H19ClN2O3. The van der Waals surface area contributed by atoms with Gasteiger partial charge in [-0.15, -0.1) is 0 Å². The molecule has 1 saturated heterocycles. The molecule has 0 unspecified atom stereocenters. The standard InChI is InChI=1S/C20H19ClN2O3/c1-26-18-13-16(8-9-17(18)23-11-3-6-20(23)25)22-19(24)10-7-14-4-2-5-15(21)12-14/h2,4-5,7-10,12-13H,3,6,11H2,1H3,(H,22,24). The van der Waals surface area contributed by atoms with E-state index in [-0.39, 0.29) is 11.8 Å². The van der Waals surface area contributed by atoms with Gasteiger partial charge in [0.25, 0.3) is 0 Å². The van der Waals surface area contributed by atoms with E-state index in [0.717, 1.165) is 17.7 Å². The van der Waals surface area contributed by atoms with Gasteiger partial charge in [0.15, 0.2) is 0 Å². The lowest BCUT2D eigenvalue weighted by Gasteiger charge is -2.19. The smallest absolute Gasteiger partial charge is 0.248 e. The van der Waals surface area contributed by atoms with Gasteiger partial charge in [0.1, 0.15) is 5.75 Å². The third-order valence-electron chi connectivity index (χ3n) is 4.09. The van der Waals surface area contributed by atoms with Gasteiger partial charge in [-0.3, -0.25) is 9.59 Å². The van der Waals surface area contributed by atoms with Gasteiger partial charge in [-0.2, -0.15) is 0 Å². The fourth-order valence-corrected chi connectivity index (χ4v) is 3.05. The van der Waals surface area contributed by atoms with Crippen LogP contribution in [0.4, 0.5) is 11.4 Å². The molecule has 2 amide bonds. The van der Waals surface area contributed by atoms with Crippen molar-refractivity contribution in [1.82, 2.24) is 0 Å². The quantitative estimate of drug-likeness (QED) is 0.805. The Morgan fingerprint density at radius 1 is 1.27 bits per heavy atom. The lowest BCUT2D eigenvalue weighted by Crippen LogP contribution is -2.24. The van der Waals surface area contributed by atoms with E-state index < -0.39 is 0 Å². The molecule has 1 fully saturated rings. The number of nitrogens with one attached hydrogen (secondary N) is 1. The average Bonchev–Trinajstić information content (AvgIpc) is 3.06. The fourth-order valence-electron chi connectivity index (χ4n) is 2.85. The zero-order valence-electron chi connectivity index (χ0n) is 14.4.